The molecule has 0 aromatic heterocycles. The Bertz CT molecular complexity index is 190. The van der Waals surface area contributed by atoms with Crippen molar-refractivity contribution >= 4 is 0 Å². The summed E-state index contributed by atoms with van der Waals surface area (Å²) in [5, 5.41) is 13.2. The van der Waals surface area contributed by atoms with Crippen LogP contribution in [0.4, 0.5) is 0 Å². The van der Waals surface area contributed by atoms with Crippen LogP contribution in [-0.4, -0.2) is 30.5 Å². The van der Waals surface area contributed by atoms with E-state index in [1.54, 1.807) is 19.0 Å². The van der Waals surface area contributed by atoms with Crippen LogP contribution in [0.5, 0.6) is 0 Å². The van der Waals surface area contributed by atoms with Crippen molar-refractivity contribution in [3.05, 3.63) is 22.1 Å². The highest BCUT2D eigenvalue weighted by molar-refractivity contribution is 4.91. The Morgan fingerprint density at radius 3 is 2.62 bits per heavy atom. The second-order valence-corrected chi connectivity index (χ2v) is 2.97. The Hall–Kier alpha value is -1.26. The third-order valence-electron chi connectivity index (χ3n) is 1.55. The van der Waals surface area contributed by atoms with Crippen LogP contribution in [0.25, 0.3) is 0 Å². The lowest BCUT2D eigenvalue weighted by Crippen LogP contribution is -2.27. The summed E-state index contributed by atoms with van der Waals surface area (Å²) in [6.07, 6.45) is 3.07. The van der Waals surface area contributed by atoms with Crippen molar-refractivity contribution in [2.45, 2.75) is 19.8 Å². The summed E-state index contributed by atoms with van der Waals surface area (Å²) >= 11 is 0. The van der Waals surface area contributed by atoms with Gasteiger partial charge in [0.15, 0.2) is 5.82 Å². The summed E-state index contributed by atoms with van der Waals surface area (Å²) in [5.41, 5.74) is 0. The average Bonchev–Trinajstić information content (AvgIpc) is 2.02. The lowest BCUT2D eigenvalue weighted by molar-refractivity contribution is -0.404. The molecular formula is C8H17N3O2. The van der Waals surface area contributed by atoms with E-state index in [-0.39, 0.29) is 0 Å². The minimum absolute atomic E-state index is 0.450. The van der Waals surface area contributed by atoms with Gasteiger partial charge in [-0.25, -0.2) is 0 Å². The van der Waals surface area contributed by atoms with E-state index in [1.165, 1.54) is 0 Å². The highest BCUT2D eigenvalue weighted by Gasteiger charge is 2.03. The maximum Gasteiger partial charge on any atom is 0.274 e. The van der Waals surface area contributed by atoms with Gasteiger partial charge >= 0.3 is 0 Å². The van der Waals surface area contributed by atoms with Crippen LogP contribution in [0, 0.1) is 10.1 Å². The molecule has 0 aliphatic heterocycles. The van der Waals surface area contributed by atoms with Crippen molar-refractivity contribution in [2.24, 2.45) is 0 Å². The molecule has 0 aliphatic carbocycles. The van der Waals surface area contributed by atoms with Crippen LogP contribution in [-0.2, 0) is 0 Å². The second kappa shape index (κ2) is 6.28. The Morgan fingerprint density at radius 2 is 2.23 bits per heavy atom. The van der Waals surface area contributed by atoms with E-state index in [1.807, 2.05) is 0 Å². The fourth-order valence-corrected chi connectivity index (χ4v) is 0.812. The maximum absolute atomic E-state index is 10.2. The largest absolute Gasteiger partial charge is 0.367 e. The Kier molecular flexibility index (Phi) is 5.67. The first kappa shape index (κ1) is 11.7. The fourth-order valence-electron chi connectivity index (χ4n) is 0.812. The van der Waals surface area contributed by atoms with E-state index in [2.05, 4.69) is 12.2 Å². The van der Waals surface area contributed by atoms with Gasteiger partial charge in [0.1, 0.15) is 0 Å². The lowest BCUT2D eigenvalue weighted by atomic mass is 10.3. The Morgan fingerprint density at radius 1 is 1.62 bits per heavy atom. The predicted molar refractivity (Wildman–Crippen MR) is 51.7 cm³/mol. The highest BCUT2D eigenvalue weighted by atomic mass is 16.6. The number of rotatable bonds is 6. The molecule has 76 valence electrons. The van der Waals surface area contributed by atoms with Crippen LogP contribution in [0.3, 0.4) is 0 Å². The molecule has 1 N–H and O–H groups in total. The third kappa shape index (κ3) is 5.95. The van der Waals surface area contributed by atoms with E-state index in [0.717, 1.165) is 25.6 Å². The molecule has 5 nitrogen and oxygen atoms in total. The van der Waals surface area contributed by atoms with Crippen LogP contribution in [0.1, 0.15) is 19.8 Å². The number of nitrogens with zero attached hydrogens (tertiary/aromatic N) is 2. The maximum atomic E-state index is 10.2. The van der Waals surface area contributed by atoms with Gasteiger partial charge in [-0.1, -0.05) is 13.3 Å². The summed E-state index contributed by atoms with van der Waals surface area (Å²) in [5.74, 6) is 0.540. The van der Waals surface area contributed by atoms with Gasteiger partial charge < -0.3 is 10.2 Å². The standard InChI is InChI=1S/C8H17N3O2/c1-4-5-6-9-8(10(2)3)7-11(12)13/h7,9H,4-6H2,1-3H3/b8-7+. The molecule has 0 saturated carbocycles. The topological polar surface area (TPSA) is 58.4 Å². The minimum atomic E-state index is -0.450. The molecule has 0 bridgehead atoms. The van der Waals surface area contributed by atoms with Crippen molar-refractivity contribution in [3.63, 3.8) is 0 Å². The summed E-state index contributed by atoms with van der Waals surface area (Å²) < 4.78 is 0. The molecule has 0 radical (unpaired) electrons. The van der Waals surface area contributed by atoms with E-state index in [0.29, 0.717) is 5.82 Å². The van der Waals surface area contributed by atoms with Gasteiger partial charge in [0.2, 0.25) is 0 Å². The summed E-state index contributed by atoms with van der Waals surface area (Å²) in [6.45, 7) is 2.85. The van der Waals surface area contributed by atoms with E-state index in [9.17, 15) is 10.1 Å². The zero-order valence-corrected chi connectivity index (χ0v) is 8.41. The number of nitro groups is 1. The Balaban J connectivity index is 4.03. The monoisotopic (exact) mass is 187 g/mol. The van der Waals surface area contributed by atoms with Crippen LogP contribution >= 0.6 is 0 Å². The number of nitrogens with one attached hydrogen (secondary N) is 1. The second-order valence-electron chi connectivity index (χ2n) is 2.97. The van der Waals surface area contributed by atoms with Gasteiger partial charge in [0.05, 0.1) is 4.92 Å². The van der Waals surface area contributed by atoms with Gasteiger partial charge in [0, 0.05) is 20.6 Å². The summed E-state index contributed by atoms with van der Waals surface area (Å²) in [7, 11) is 3.54. The SMILES string of the molecule is CCCCN/C(=C\[N+](=O)[O-])N(C)C. The molecule has 0 saturated heterocycles. The molecule has 0 heterocycles. The first-order chi connectivity index (χ1) is 6.07. The molecule has 13 heavy (non-hydrogen) atoms. The first-order valence-electron chi connectivity index (χ1n) is 4.34. The van der Waals surface area contributed by atoms with E-state index in [4.69, 9.17) is 0 Å². The van der Waals surface area contributed by atoms with Crippen molar-refractivity contribution in [2.75, 3.05) is 20.6 Å². The van der Waals surface area contributed by atoms with Gasteiger partial charge in [0.25, 0.3) is 6.20 Å². The van der Waals surface area contributed by atoms with E-state index >= 15 is 0 Å². The number of hydrogen-bond acceptors (Lipinski definition) is 4. The predicted octanol–water partition coefficient (Wildman–Crippen LogP) is 1.01. The first-order valence-corrected chi connectivity index (χ1v) is 4.34. The summed E-state index contributed by atoms with van der Waals surface area (Å²) in [4.78, 5) is 11.5. The highest BCUT2D eigenvalue weighted by Crippen LogP contribution is 1.94. The summed E-state index contributed by atoms with van der Waals surface area (Å²) in [6, 6.07) is 0. The van der Waals surface area contributed by atoms with Gasteiger partial charge in [-0.2, -0.15) is 0 Å². The van der Waals surface area contributed by atoms with Gasteiger partial charge in [-0.3, -0.25) is 10.1 Å². The number of hydrogen-bond donors (Lipinski definition) is 1. The van der Waals surface area contributed by atoms with Crippen molar-refractivity contribution in [3.8, 4) is 0 Å². The van der Waals surface area contributed by atoms with Crippen LogP contribution < -0.4 is 5.32 Å². The molecule has 0 unspecified atom stereocenters. The van der Waals surface area contributed by atoms with Crippen LogP contribution in [0.15, 0.2) is 12.0 Å². The zero-order valence-electron chi connectivity index (χ0n) is 8.41. The van der Waals surface area contributed by atoms with Crippen molar-refractivity contribution < 1.29 is 4.92 Å². The lowest BCUT2D eigenvalue weighted by Gasteiger charge is -2.15. The molecule has 0 aromatic rings. The minimum Gasteiger partial charge on any atom is -0.367 e. The van der Waals surface area contributed by atoms with Crippen molar-refractivity contribution in [1.82, 2.24) is 10.2 Å². The van der Waals surface area contributed by atoms with Gasteiger partial charge in [-0.15, -0.1) is 0 Å². The third-order valence-corrected chi connectivity index (χ3v) is 1.55. The molecule has 0 atom stereocenters. The van der Waals surface area contributed by atoms with Gasteiger partial charge in [-0.05, 0) is 6.42 Å². The van der Waals surface area contributed by atoms with Crippen LogP contribution in [0.2, 0.25) is 0 Å². The molecule has 0 rings (SSSR count). The molecular weight excluding hydrogens is 170 g/mol. The molecule has 0 fully saturated rings. The van der Waals surface area contributed by atoms with Crippen molar-refractivity contribution in [1.29, 1.82) is 0 Å². The average molecular weight is 187 g/mol. The quantitative estimate of drug-likeness (QED) is 0.383. The zero-order chi connectivity index (χ0) is 10.3. The van der Waals surface area contributed by atoms with E-state index < -0.39 is 4.92 Å². The smallest absolute Gasteiger partial charge is 0.274 e. The normalized spacial score (nSPS) is 11.2. The molecule has 0 aliphatic rings. The Labute approximate surface area is 78.6 Å². The molecule has 0 spiro atoms. The molecule has 0 amide bonds. The fraction of sp³-hybridized carbons (Fsp3) is 0.750. The number of unbranched alkanes of at least 4 members (excludes halogenated alkanes) is 1. The molecule has 5 heteroatoms. The molecule has 0 aromatic carbocycles.